The van der Waals surface area contributed by atoms with Crippen molar-refractivity contribution in [2.24, 2.45) is 0 Å². The molecule has 7 nitrogen and oxygen atoms in total. The Morgan fingerprint density at radius 3 is 2.24 bits per heavy atom. The molecule has 0 aliphatic rings. The van der Waals surface area contributed by atoms with Crippen molar-refractivity contribution in [3.05, 3.63) is 64.1 Å². The van der Waals surface area contributed by atoms with E-state index in [1.165, 1.54) is 12.1 Å². The molecule has 3 amide bonds. The molecule has 0 aromatic heterocycles. The van der Waals surface area contributed by atoms with Gasteiger partial charge < -0.3 is 4.74 Å². The molecule has 2 aromatic carbocycles. The second kappa shape index (κ2) is 8.84. The summed E-state index contributed by atoms with van der Waals surface area (Å²) in [6.45, 7) is 1.97. The lowest BCUT2D eigenvalue weighted by Crippen LogP contribution is -2.41. The number of amides is 3. The number of anilines is 1. The van der Waals surface area contributed by atoms with Crippen LogP contribution in [0.25, 0.3) is 0 Å². The molecule has 0 unspecified atom stereocenters. The summed E-state index contributed by atoms with van der Waals surface area (Å²) in [5.74, 6) is -0.926. The number of ether oxygens (including phenoxy) is 1. The highest BCUT2D eigenvalue weighted by Gasteiger charge is 2.11. The fourth-order valence-electron chi connectivity index (χ4n) is 1.89. The van der Waals surface area contributed by atoms with Crippen molar-refractivity contribution >= 4 is 39.5 Å². The van der Waals surface area contributed by atoms with Crippen molar-refractivity contribution < 1.29 is 19.1 Å². The summed E-state index contributed by atoms with van der Waals surface area (Å²) < 4.78 is 5.38. The molecular formula is C17H16BrN3O4. The van der Waals surface area contributed by atoms with Crippen LogP contribution in [0.5, 0.6) is 0 Å². The number of hydrogen-bond donors (Lipinski definition) is 3. The van der Waals surface area contributed by atoms with Crippen molar-refractivity contribution in [3.8, 4) is 0 Å². The largest absolute Gasteiger partial charge is 0.450 e. The van der Waals surface area contributed by atoms with Gasteiger partial charge in [0.2, 0.25) is 0 Å². The lowest BCUT2D eigenvalue weighted by molar-refractivity contribution is 0.0846. The first-order valence-electron chi connectivity index (χ1n) is 7.40. The maximum Gasteiger partial charge on any atom is 0.411 e. The second-order valence-corrected chi connectivity index (χ2v) is 5.67. The van der Waals surface area contributed by atoms with E-state index in [1.807, 2.05) is 0 Å². The summed E-state index contributed by atoms with van der Waals surface area (Å²) in [5.41, 5.74) is 5.89. The minimum absolute atomic E-state index is 0.267. The van der Waals surface area contributed by atoms with Crippen molar-refractivity contribution in [2.45, 2.75) is 6.92 Å². The lowest BCUT2D eigenvalue weighted by Gasteiger charge is -2.09. The first-order chi connectivity index (χ1) is 12.0. The molecule has 0 atom stereocenters. The number of benzene rings is 2. The Kier molecular flexibility index (Phi) is 6.53. The minimum atomic E-state index is -0.569. The minimum Gasteiger partial charge on any atom is -0.450 e. The van der Waals surface area contributed by atoms with Gasteiger partial charge >= 0.3 is 6.09 Å². The summed E-state index contributed by atoms with van der Waals surface area (Å²) in [7, 11) is 0. The highest BCUT2D eigenvalue weighted by molar-refractivity contribution is 9.10. The normalized spacial score (nSPS) is 9.84. The predicted octanol–water partition coefficient (Wildman–Crippen LogP) is 3.09. The van der Waals surface area contributed by atoms with Crippen molar-refractivity contribution in [3.63, 3.8) is 0 Å². The van der Waals surface area contributed by atoms with Gasteiger partial charge in [-0.1, -0.05) is 12.1 Å². The standard InChI is InChI=1S/C17H16BrN3O4/c1-2-25-17(24)19-12-9-7-11(8-10-12)15(22)20-21-16(23)13-5-3-4-6-14(13)18/h3-10H,2H2,1H3,(H,19,24)(H,20,22)(H,21,23). The van der Waals surface area contributed by atoms with Crippen LogP contribution in [-0.4, -0.2) is 24.5 Å². The van der Waals surface area contributed by atoms with E-state index in [0.717, 1.165) is 0 Å². The molecule has 0 aliphatic heterocycles. The summed E-state index contributed by atoms with van der Waals surface area (Å²) >= 11 is 3.27. The van der Waals surface area contributed by atoms with Crippen LogP contribution in [0.3, 0.4) is 0 Å². The second-order valence-electron chi connectivity index (χ2n) is 4.81. The monoisotopic (exact) mass is 405 g/mol. The zero-order chi connectivity index (χ0) is 18.2. The van der Waals surface area contributed by atoms with Gasteiger partial charge in [0, 0.05) is 15.7 Å². The van der Waals surface area contributed by atoms with Crippen LogP contribution in [-0.2, 0) is 4.74 Å². The van der Waals surface area contributed by atoms with Gasteiger partial charge in [0.15, 0.2) is 0 Å². The van der Waals surface area contributed by atoms with Gasteiger partial charge in [0.05, 0.1) is 12.2 Å². The molecule has 0 saturated carbocycles. The fraction of sp³-hybridized carbons (Fsp3) is 0.118. The molecule has 8 heteroatoms. The number of rotatable bonds is 4. The van der Waals surface area contributed by atoms with Crippen LogP contribution in [0, 0.1) is 0 Å². The fourth-order valence-corrected chi connectivity index (χ4v) is 2.35. The number of carbonyl (C=O) groups is 3. The molecule has 130 valence electrons. The van der Waals surface area contributed by atoms with E-state index < -0.39 is 17.9 Å². The molecule has 0 saturated heterocycles. The molecular weight excluding hydrogens is 390 g/mol. The molecule has 2 aromatic rings. The molecule has 0 heterocycles. The number of nitrogens with one attached hydrogen (secondary N) is 3. The average Bonchev–Trinajstić information content (AvgIpc) is 2.60. The third-order valence-electron chi connectivity index (χ3n) is 3.08. The van der Waals surface area contributed by atoms with Crippen LogP contribution in [0.1, 0.15) is 27.6 Å². The molecule has 0 aliphatic carbocycles. The van der Waals surface area contributed by atoms with Gasteiger partial charge in [-0.25, -0.2) is 4.79 Å². The van der Waals surface area contributed by atoms with Crippen molar-refractivity contribution in [2.75, 3.05) is 11.9 Å². The van der Waals surface area contributed by atoms with Gasteiger partial charge in [-0.2, -0.15) is 0 Å². The third-order valence-corrected chi connectivity index (χ3v) is 3.77. The van der Waals surface area contributed by atoms with E-state index in [4.69, 9.17) is 4.74 Å². The van der Waals surface area contributed by atoms with Crippen LogP contribution < -0.4 is 16.2 Å². The maximum absolute atomic E-state index is 12.1. The quantitative estimate of drug-likeness (QED) is 0.680. The Hall–Kier alpha value is -2.87. The van der Waals surface area contributed by atoms with E-state index in [9.17, 15) is 14.4 Å². The van der Waals surface area contributed by atoms with Crippen LogP contribution in [0.2, 0.25) is 0 Å². The van der Waals surface area contributed by atoms with E-state index >= 15 is 0 Å². The molecule has 3 N–H and O–H groups in total. The van der Waals surface area contributed by atoms with Crippen LogP contribution >= 0.6 is 15.9 Å². The Balaban J connectivity index is 1.91. The van der Waals surface area contributed by atoms with E-state index in [-0.39, 0.29) is 6.61 Å². The molecule has 0 bridgehead atoms. The number of halogens is 1. The number of hydrogen-bond acceptors (Lipinski definition) is 4. The Bertz CT molecular complexity index is 778. The molecule has 25 heavy (non-hydrogen) atoms. The van der Waals surface area contributed by atoms with Gasteiger partial charge in [0.1, 0.15) is 0 Å². The summed E-state index contributed by atoms with van der Waals surface area (Å²) in [5, 5.41) is 2.52. The lowest BCUT2D eigenvalue weighted by atomic mass is 10.2. The van der Waals surface area contributed by atoms with Gasteiger partial charge in [-0.05, 0) is 59.3 Å². The third kappa shape index (κ3) is 5.32. The van der Waals surface area contributed by atoms with E-state index in [1.54, 1.807) is 43.3 Å². The summed E-state index contributed by atoms with van der Waals surface area (Å²) in [4.78, 5) is 35.4. The smallest absolute Gasteiger partial charge is 0.411 e. The van der Waals surface area contributed by atoms with Gasteiger partial charge in [0.25, 0.3) is 11.8 Å². The predicted molar refractivity (Wildman–Crippen MR) is 96.2 cm³/mol. The van der Waals surface area contributed by atoms with Gasteiger partial charge in [-0.3, -0.25) is 25.8 Å². The number of hydrazine groups is 1. The molecule has 0 fully saturated rings. The summed E-state index contributed by atoms with van der Waals surface area (Å²) in [6, 6.07) is 13.0. The zero-order valence-corrected chi connectivity index (χ0v) is 14.9. The summed E-state index contributed by atoms with van der Waals surface area (Å²) in [6.07, 6.45) is -0.569. The maximum atomic E-state index is 12.1. The molecule has 0 spiro atoms. The SMILES string of the molecule is CCOC(=O)Nc1ccc(C(=O)NNC(=O)c2ccccc2Br)cc1. The average molecular weight is 406 g/mol. The highest BCUT2D eigenvalue weighted by atomic mass is 79.9. The van der Waals surface area contributed by atoms with E-state index in [2.05, 4.69) is 32.1 Å². The van der Waals surface area contributed by atoms with Crippen molar-refractivity contribution in [1.29, 1.82) is 0 Å². The van der Waals surface area contributed by atoms with Crippen molar-refractivity contribution in [1.82, 2.24) is 10.9 Å². The molecule has 0 radical (unpaired) electrons. The Morgan fingerprint density at radius 2 is 1.60 bits per heavy atom. The topological polar surface area (TPSA) is 96.5 Å². The molecule has 2 rings (SSSR count). The first kappa shape index (κ1) is 18.5. The first-order valence-corrected chi connectivity index (χ1v) is 8.19. The highest BCUT2D eigenvalue weighted by Crippen LogP contribution is 2.15. The van der Waals surface area contributed by atoms with Crippen LogP contribution in [0.4, 0.5) is 10.5 Å². The Morgan fingerprint density at radius 1 is 0.960 bits per heavy atom. The van der Waals surface area contributed by atoms with E-state index in [0.29, 0.717) is 21.3 Å². The zero-order valence-electron chi connectivity index (χ0n) is 13.3. The van der Waals surface area contributed by atoms with Crippen LogP contribution in [0.15, 0.2) is 53.0 Å². The number of carbonyl (C=O) groups excluding carboxylic acids is 3. The van der Waals surface area contributed by atoms with Gasteiger partial charge in [-0.15, -0.1) is 0 Å². The Labute approximate surface area is 152 Å².